The largest absolute Gasteiger partial charge is 0.324 e. The smallest absolute Gasteiger partial charge is 0.251 e. The Balaban J connectivity index is 1.52. The highest BCUT2D eigenvalue weighted by Gasteiger charge is 2.11. The van der Waals surface area contributed by atoms with E-state index in [0.717, 1.165) is 26.8 Å². The van der Waals surface area contributed by atoms with Gasteiger partial charge in [-0.05, 0) is 18.2 Å². The molecular formula is C19H16N4O2S. The molecule has 7 heteroatoms. The summed E-state index contributed by atoms with van der Waals surface area (Å²) in [5, 5.41) is 3.72. The van der Waals surface area contributed by atoms with Gasteiger partial charge >= 0.3 is 0 Å². The van der Waals surface area contributed by atoms with Crippen LogP contribution in [-0.4, -0.2) is 26.2 Å². The van der Waals surface area contributed by atoms with E-state index in [2.05, 4.69) is 15.3 Å². The lowest BCUT2D eigenvalue weighted by Crippen LogP contribution is -2.17. The number of nitrogens with one attached hydrogen (secondary N) is 2. The number of aromatic nitrogens is 3. The Kier molecular flexibility index (Phi) is 4.22. The molecule has 0 radical (unpaired) electrons. The second-order valence-corrected chi connectivity index (χ2v) is 6.88. The molecule has 0 saturated carbocycles. The first-order valence-electron chi connectivity index (χ1n) is 8.08. The van der Waals surface area contributed by atoms with Crippen LogP contribution in [0.15, 0.2) is 64.3 Å². The van der Waals surface area contributed by atoms with Crippen LogP contribution in [0.4, 0.5) is 5.95 Å². The van der Waals surface area contributed by atoms with Crippen molar-refractivity contribution in [1.82, 2.24) is 14.5 Å². The minimum atomic E-state index is -0.182. The fraction of sp³-hybridized carbons (Fsp3) is 0.105. The van der Waals surface area contributed by atoms with Crippen molar-refractivity contribution < 1.29 is 4.79 Å². The van der Waals surface area contributed by atoms with Gasteiger partial charge in [0.05, 0.1) is 22.3 Å². The lowest BCUT2D eigenvalue weighted by atomic mass is 10.2. The quantitative estimate of drug-likeness (QED) is 0.545. The fourth-order valence-corrected chi connectivity index (χ4v) is 3.69. The number of hydrogen-bond donors (Lipinski definition) is 2. The molecule has 6 nitrogen and oxygen atoms in total. The number of carbonyl (C=O) groups excluding carboxylic acids is 1. The maximum atomic E-state index is 12.3. The third-order valence-corrected chi connectivity index (χ3v) is 5.18. The van der Waals surface area contributed by atoms with Crippen LogP contribution < -0.4 is 10.9 Å². The number of aryl methyl sites for hydroxylation is 1. The summed E-state index contributed by atoms with van der Waals surface area (Å²) in [4.78, 5) is 32.6. The number of nitrogens with zero attached hydrogens (tertiary/aromatic N) is 2. The van der Waals surface area contributed by atoms with Crippen molar-refractivity contribution in [3.8, 4) is 0 Å². The third kappa shape index (κ3) is 3.09. The maximum absolute atomic E-state index is 12.3. The summed E-state index contributed by atoms with van der Waals surface area (Å²) in [6.45, 7) is 0. The number of para-hydroxylation sites is 3. The SMILES string of the molecule is Cn1c(=O)cc(SCC(=O)Nc2nc3ccccc3[nH]2)c2ccccc21. The van der Waals surface area contributed by atoms with Crippen molar-refractivity contribution in [2.75, 3.05) is 11.1 Å². The monoisotopic (exact) mass is 364 g/mol. The standard InChI is InChI=1S/C19H16N4O2S/c1-23-15-9-5-2-6-12(15)16(10-18(23)25)26-11-17(24)22-19-20-13-7-3-4-8-14(13)21-19/h2-10H,11H2,1H3,(H2,20,21,22,24). The average Bonchev–Trinajstić information content (AvgIpc) is 3.05. The van der Waals surface area contributed by atoms with Gasteiger partial charge in [-0.25, -0.2) is 4.98 Å². The Morgan fingerprint density at radius 1 is 1.19 bits per heavy atom. The van der Waals surface area contributed by atoms with Crippen LogP contribution in [0, 0.1) is 0 Å². The number of benzene rings is 2. The molecule has 2 aromatic carbocycles. The number of imidazole rings is 1. The van der Waals surface area contributed by atoms with Gasteiger partial charge in [-0.2, -0.15) is 0 Å². The van der Waals surface area contributed by atoms with E-state index in [-0.39, 0.29) is 17.2 Å². The first kappa shape index (κ1) is 16.4. The predicted octanol–water partition coefficient (Wildman–Crippen LogP) is 3.15. The van der Waals surface area contributed by atoms with Crippen LogP contribution in [-0.2, 0) is 11.8 Å². The van der Waals surface area contributed by atoms with E-state index in [1.54, 1.807) is 17.7 Å². The van der Waals surface area contributed by atoms with Crippen LogP contribution in [0.2, 0.25) is 0 Å². The molecule has 0 fully saturated rings. The van der Waals surface area contributed by atoms with Crippen molar-refractivity contribution in [2.24, 2.45) is 7.05 Å². The number of fused-ring (bicyclic) bond motifs is 2. The van der Waals surface area contributed by atoms with E-state index in [0.29, 0.717) is 5.95 Å². The maximum Gasteiger partial charge on any atom is 0.251 e. The van der Waals surface area contributed by atoms with E-state index in [1.165, 1.54) is 11.8 Å². The van der Waals surface area contributed by atoms with Gasteiger partial charge in [0.15, 0.2) is 0 Å². The lowest BCUT2D eigenvalue weighted by molar-refractivity contribution is -0.113. The number of rotatable bonds is 4. The van der Waals surface area contributed by atoms with Crippen molar-refractivity contribution in [2.45, 2.75) is 4.90 Å². The van der Waals surface area contributed by atoms with Crippen LogP contribution >= 0.6 is 11.8 Å². The zero-order chi connectivity index (χ0) is 18.1. The topological polar surface area (TPSA) is 79.8 Å². The van der Waals surface area contributed by atoms with Gasteiger partial charge in [0.1, 0.15) is 0 Å². The Morgan fingerprint density at radius 3 is 2.81 bits per heavy atom. The number of amides is 1. The summed E-state index contributed by atoms with van der Waals surface area (Å²) in [7, 11) is 1.74. The molecule has 0 bridgehead atoms. The molecule has 2 N–H and O–H groups in total. The van der Waals surface area contributed by atoms with Crippen molar-refractivity contribution >= 4 is 45.6 Å². The van der Waals surface area contributed by atoms with E-state index < -0.39 is 0 Å². The van der Waals surface area contributed by atoms with E-state index in [4.69, 9.17) is 0 Å². The molecule has 26 heavy (non-hydrogen) atoms. The minimum absolute atomic E-state index is 0.0936. The number of thioether (sulfide) groups is 1. The van der Waals surface area contributed by atoms with Gasteiger partial charge in [0.25, 0.3) is 5.56 Å². The van der Waals surface area contributed by atoms with E-state index >= 15 is 0 Å². The average molecular weight is 364 g/mol. The van der Waals surface area contributed by atoms with Crippen LogP contribution in [0.1, 0.15) is 0 Å². The molecule has 4 aromatic rings. The molecule has 0 unspecified atom stereocenters. The Labute approximate surface area is 153 Å². The molecule has 2 heterocycles. The number of aromatic amines is 1. The molecule has 1 amide bonds. The summed E-state index contributed by atoms with van der Waals surface area (Å²) >= 11 is 1.34. The molecule has 0 spiro atoms. The van der Waals surface area contributed by atoms with Crippen LogP contribution in [0.3, 0.4) is 0 Å². The number of carbonyl (C=O) groups is 1. The number of hydrogen-bond acceptors (Lipinski definition) is 4. The number of pyridine rings is 1. The summed E-state index contributed by atoms with van der Waals surface area (Å²) in [6, 6.07) is 16.8. The van der Waals surface area contributed by atoms with Gasteiger partial charge in [0, 0.05) is 23.4 Å². The lowest BCUT2D eigenvalue weighted by Gasteiger charge is -2.09. The Morgan fingerprint density at radius 2 is 1.96 bits per heavy atom. The third-order valence-electron chi connectivity index (χ3n) is 4.12. The van der Waals surface area contributed by atoms with E-state index in [1.807, 2.05) is 48.5 Å². The van der Waals surface area contributed by atoms with Gasteiger partial charge in [-0.3, -0.25) is 14.9 Å². The summed E-state index contributed by atoms with van der Waals surface area (Å²) in [6.07, 6.45) is 0. The molecule has 0 aliphatic heterocycles. The van der Waals surface area contributed by atoms with Crippen molar-refractivity contribution in [3.63, 3.8) is 0 Å². The summed E-state index contributed by atoms with van der Waals surface area (Å²) in [5.41, 5.74) is 2.42. The van der Waals surface area contributed by atoms with E-state index in [9.17, 15) is 9.59 Å². The van der Waals surface area contributed by atoms with Crippen LogP contribution in [0.25, 0.3) is 21.9 Å². The van der Waals surface area contributed by atoms with Gasteiger partial charge < -0.3 is 9.55 Å². The number of anilines is 1. The van der Waals surface area contributed by atoms with Crippen molar-refractivity contribution in [3.05, 3.63) is 65.0 Å². The fourth-order valence-electron chi connectivity index (χ4n) is 2.82. The molecule has 4 rings (SSSR count). The first-order valence-corrected chi connectivity index (χ1v) is 9.06. The van der Waals surface area contributed by atoms with Gasteiger partial charge in [-0.1, -0.05) is 30.3 Å². The predicted molar refractivity (Wildman–Crippen MR) is 105 cm³/mol. The minimum Gasteiger partial charge on any atom is -0.324 e. The highest BCUT2D eigenvalue weighted by atomic mass is 32.2. The normalized spacial score (nSPS) is 11.1. The van der Waals surface area contributed by atoms with Crippen LogP contribution in [0.5, 0.6) is 0 Å². The number of H-pyrrole nitrogens is 1. The molecule has 0 saturated heterocycles. The molecule has 2 aromatic heterocycles. The molecular weight excluding hydrogens is 348 g/mol. The summed E-state index contributed by atoms with van der Waals surface area (Å²) < 4.78 is 1.61. The molecule has 0 aliphatic carbocycles. The first-order chi connectivity index (χ1) is 12.6. The molecule has 130 valence electrons. The zero-order valence-electron chi connectivity index (χ0n) is 14.0. The second-order valence-electron chi connectivity index (χ2n) is 5.86. The Bertz CT molecular complexity index is 1150. The van der Waals surface area contributed by atoms with Gasteiger partial charge in [0.2, 0.25) is 11.9 Å². The Hall–Kier alpha value is -3.06. The zero-order valence-corrected chi connectivity index (χ0v) is 14.8. The highest BCUT2D eigenvalue weighted by molar-refractivity contribution is 8.00. The highest BCUT2D eigenvalue weighted by Crippen LogP contribution is 2.26. The second kappa shape index (κ2) is 6.68. The van der Waals surface area contributed by atoms with Gasteiger partial charge in [-0.15, -0.1) is 11.8 Å². The molecule has 0 atom stereocenters. The summed E-state index contributed by atoms with van der Waals surface area (Å²) in [5.74, 6) is 0.429. The van der Waals surface area contributed by atoms with Crippen molar-refractivity contribution in [1.29, 1.82) is 0 Å². The molecule has 0 aliphatic rings.